The van der Waals surface area contributed by atoms with E-state index in [1.54, 1.807) is 6.92 Å². The lowest BCUT2D eigenvalue weighted by Gasteiger charge is -2.00. The van der Waals surface area contributed by atoms with Crippen LogP contribution in [-0.2, 0) is 9.53 Å². The van der Waals surface area contributed by atoms with Crippen molar-refractivity contribution in [3.05, 3.63) is 10.6 Å². The Balaban J connectivity index is 2.52. The van der Waals surface area contributed by atoms with E-state index in [0.717, 1.165) is 0 Å². The first-order chi connectivity index (χ1) is 7.54. The maximum atomic E-state index is 10.8. The fourth-order valence-corrected chi connectivity index (χ4v) is 1.87. The molecule has 0 fully saturated rings. The van der Waals surface area contributed by atoms with Crippen LogP contribution in [-0.4, -0.2) is 35.7 Å². The Hall–Kier alpha value is -1.63. The van der Waals surface area contributed by atoms with Crippen LogP contribution in [0.4, 0.5) is 5.13 Å². The van der Waals surface area contributed by atoms with E-state index >= 15 is 0 Å². The first-order valence-corrected chi connectivity index (χ1v) is 5.37. The Labute approximate surface area is 96.3 Å². The molecule has 0 bridgehead atoms. The Kier molecular flexibility index (Phi) is 4.24. The highest BCUT2D eigenvalue weighted by Gasteiger charge is 2.13. The Bertz CT molecular complexity index is 402. The van der Waals surface area contributed by atoms with Crippen LogP contribution in [0, 0.1) is 6.92 Å². The number of carbonyl (C=O) groups is 2. The number of rotatable bonds is 5. The van der Waals surface area contributed by atoms with Gasteiger partial charge in [0.2, 0.25) is 0 Å². The van der Waals surface area contributed by atoms with Gasteiger partial charge >= 0.3 is 11.9 Å². The van der Waals surface area contributed by atoms with Gasteiger partial charge in [0, 0.05) is 11.4 Å². The van der Waals surface area contributed by atoms with Gasteiger partial charge in [0.05, 0.1) is 13.5 Å². The number of aromatic nitrogens is 1. The molecule has 6 nitrogen and oxygen atoms in total. The number of carbonyl (C=O) groups excluding carboxylic acids is 1. The molecule has 0 saturated carbocycles. The first-order valence-electron chi connectivity index (χ1n) is 4.56. The van der Waals surface area contributed by atoms with E-state index < -0.39 is 5.97 Å². The van der Waals surface area contributed by atoms with E-state index in [-0.39, 0.29) is 18.1 Å². The second-order valence-electron chi connectivity index (χ2n) is 2.98. The van der Waals surface area contributed by atoms with Crippen LogP contribution in [0.15, 0.2) is 0 Å². The number of methoxy groups -OCH3 is 1. The van der Waals surface area contributed by atoms with Gasteiger partial charge in [0.1, 0.15) is 0 Å². The first kappa shape index (κ1) is 12.4. The molecular formula is C9H12N2O4S. The summed E-state index contributed by atoms with van der Waals surface area (Å²) in [5.74, 6) is -1.37. The Morgan fingerprint density at radius 3 is 2.75 bits per heavy atom. The average molecular weight is 244 g/mol. The lowest BCUT2D eigenvalue weighted by Crippen LogP contribution is -2.09. The highest BCUT2D eigenvalue weighted by molar-refractivity contribution is 7.15. The molecule has 0 atom stereocenters. The summed E-state index contributed by atoms with van der Waals surface area (Å²) in [4.78, 5) is 26.0. The third kappa shape index (κ3) is 3.20. The van der Waals surface area contributed by atoms with Crippen molar-refractivity contribution in [1.29, 1.82) is 0 Å². The number of hydrogen-bond donors (Lipinski definition) is 2. The summed E-state index contributed by atoms with van der Waals surface area (Å²) in [6.45, 7) is 2.06. The van der Waals surface area contributed by atoms with E-state index in [2.05, 4.69) is 15.0 Å². The van der Waals surface area contributed by atoms with Crippen LogP contribution in [0.25, 0.3) is 0 Å². The molecule has 0 aliphatic rings. The largest absolute Gasteiger partial charge is 0.476 e. The molecule has 0 aliphatic carbocycles. The Morgan fingerprint density at radius 2 is 2.25 bits per heavy atom. The number of aryl methyl sites for hydroxylation is 1. The molecule has 1 rings (SSSR count). The zero-order valence-corrected chi connectivity index (χ0v) is 9.76. The minimum absolute atomic E-state index is 0.0468. The maximum absolute atomic E-state index is 10.8. The van der Waals surface area contributed by atoms with Gasteiger partial charge in [0.25, 0.3) is 0 Å². The molecule has 0 spiro atoms. The lowest BCUT2D eigenvalue weighted by atomic mass is 10.4. The summed E-state index contributed by atoms with van der Waals surface area (Å²) in [7, 11) is 1.32. The summed E-state index contributed by atoms with van der Waals surface area (Å²) >= 11 is 1.25. The zero-order chi connectivity index (χ0) is 12.1. The quantitative estimate of drug-likeness (QED) is 0.755. The molecule has 7 heteroatoms. The number of anilines is 1. The predicted octanol–water partition coefficient (Wildman–Crippen LogP) is 1.12. The normalized spacial score (nSPS) is 9.88. The smallest absolute Gasteiger partial charge is 0.355 e. The van der Waals surface area contributed by atoms with Gasteiger partial charge in [-0.05, 0) is 6.92 Å². The van der Waals surface area contributed by atoms with Gasteiger partial charge < -0.3 is 15.2 Å². The number of carboxylic acid groups (broad SMARTS) is 1. The summed E-state index contributed by atoms with van der Waals surface area (Å²) in [5, 5.41) is 12.1. The van der Waals surface area contributed by atoms with Crippen LogP contribution >= 0.6 is 11.3 Å². The van der Waals surface area contributed by atoms with Crippen LogP contribution in [0.3, 0.4) is 0 Å². The fraction of sp³-hybridized carbons (Fsp3) is 0.444. The number of nitrogens with zero attached hydrogens (tertiary/aromatic N) is 1. The number of aromatic carboxylic acids is 1. The molecule has 0 unspecified atom stereocenters. The third-order valence-corrected chi connectivity index (χ3v) is 2.76. The van der Waals surface area contributed by atoms with Crippen molar-refractivity contribution in [2.75, 3.05) is 19.0 Å². The van der Waals surface area contributed by atoms with Crippen molar-refractivity contribution in [3.63, 3.8) is 0 Å². The summed E-state index contributed by atoms with van der Waals surface area (Å²) in [5.41, 5.74) is 0.0468. The van der Waals surface area contributed by atoms with Crippen molar-refractivity contribution in [3.8, 4) is 0 Å². The van der Waals surface area contributed by atoms with Gasteiger partial charge in [-0.2, -0.15) is 0 Å². The van der Waals surface area contributed by atoms with Crippen LogP contribution < -0.4 is 5.32 Å². The summed E-state index contributed by atoms with van der Waals surface area (Å²) < 4.78 is 4.47. The number of thiazole rings is 1. The number of nitrogens with one attached hydrogen (secondary N) is 1. The van der Waals surface area contributed by atoms with Gasteiger partial charge in [-0.15, -0.1) is 11.3 Å². The topological polar surface area (TPSA) is 88.5 Å². The molecule has 1 aromatic heterocycles. The number of esters is 1. The molecular weight excluding hydrogens is 232 g/mol. The highest BCUT2D eigenvalue weighted by Crippen LogP contribution is 2.21. The summed E-state index contributed by atoms with van der Waals surface area (Å²) in [6.07, 6.45) is 0.220. The predicted molar refractivity (Wildman–Crippen MR) is 58.9 cm³/mol. The van der Waals surface area contributed by atoms with E-state index in [9.17, 15) is 9.59 Å². The minimum Gasteiger partial charge on any atom is -0.476 e. The highest BCUT2D eigenvalue weighted by atomic mass is 32.1. The lowest BCUT2D eigenvalue weighted by molar-refractivity contribution is -0.140. The molecule has 1 heterocycles. The monoisotopic (exact) mass is 244 g/mol. The van der Waals surface area contributed by atoms with Crippen molar-refractivity contribution in [2.45, 2.75) is 13.3 Å². The van der Waals surface area contributed by atoms with Gasteiger partial charge in [-0.3, -0.25) is 4.79 Å². The van der Waals surface area contributed by atoms with Crippen molar-refractivity contribution >= 4 is 28.4 Å². The molecule has 1 aromatic rings. The van der Waals surface area contributed by atoms with Crippen LogP contribution in [0.1, 0.15) is 21.8 Å². The van der Waals surface area contributed by atoms with E-state index in [1.165, 1.54) is 18.4 Å². The van der Waals surface area contributed by atoms with Gasteiger partial charge in [-0.1, -0.05) is 0 Å². The molecule has 88 valence electrons. The van der Waals surface area contributed by atoms with Crippen molar-refractivity contribution in [2.24, 2.45) is 0 Å². The van der Waals surface area contributed by atoms with Gasteiger partial charge in [0.15, 0.2) is 10.8 Å². The second kappa shape index (κ2) is 5.45. The molecule has 2 N–H and O–H groups in total. The molecule has 0 aliphatic heterocycles. The molecule has 0 radical (unpaired) electrons. The number of carboxylic acids is 1. The van der Waals surface area contributed by atoms with Crippen LogP contribution in [0.5, 0.6) is 0 Å². The molecule has 0 aromatic carbocycles. The van der Waals surface area contributed by atoms with Crippen molar-refractivity contribution in [1.82, 2.24) is 4.98 Å². The third-order valence-electron chi connectivity index (χ3n) is 1.83. The Morgan fingerprint density at radius 1 is 1.56 bits per heavy atom. The molecule has 0 saturated heterocycles. The van der Waals surface area contributed by atoms with E-state index in [4.69, 9.17) is 5.11 Å². The zero-order valence-electron chi connectivity index (χ0n) is 8.94. The fourth-order valence-electron chi connectivity index (χ4n) is 1.04. The van der Waals surface area contributed by atoms with Crippen LogP contribution in [0.2, 0.25) is 0 Å². The molecule has 0 amide bonds. The average Bonchev–Trinajstić information content (AvgIpc) is 2.59. The van der Waals surface area contributed by atoms with Gasteiger partial charge in [-0.25, -0.2) is 9.78 Å². The van der Waals surface area contributed by atoms with E-state index in [1.807, 2.05) is 0 Å². The number of ether oxygens (including phenoxy) is 1. The maximum Gasteiger partial charge on any atom is 0.355 e. The standard InChI is InChI=1S/C9H12N2O4S/c1-5-7(8(13)14)11-9(16-5)10-4-3-6(12)15-2/h3-4H2,1-2H3,(H,10,11)(H,13,14). The minimum atomic E-state index is -1.05. The molecule has 16 heavy (non-hydrogen) atoms. The summed E-state index contributed by atoms with van der Waals surface area (Å²) in [6, 6.07) is 0. The second-order valence-corrected chi connectivity index (χ2v) is 4.19. The van der Waals surface area contributed by atoms with E-state index in [0.29, 0.717) is 16.6 Å². The number of hydrogen-bond acceptors (Lipinski definition) is 6. The SMILES string of the molecule is COC(=O)CCNc1nc(C(=O)O)c(C)s1. The van der Waals surface area contributed by atoms with Crippen molar-refractivity contribution < 1.29 is 19.4 Å².